The molecule has 0 aromatic heterocycles. The van der Waals surface area contributed by atoms with Crippen molar-refractivity contribution in [2.45, 2.75) is 0 Å². The van der Waals surface area contributed by atoms with Crippen LogP contribution in [0.4, 0.5) is 4.39 Å². The number of methoxy groups -OCH3 is 3. The van der Waals surface area contributed by atoms with Gasteiger partial charge >= 0.3 is 5.97 Å². The van der Waals surface area contributed by atoms with E-state index in [2.05, 4.69) is 4.74 Å². The van der Waals surface area contributed by atoms with Crippen LogP contribution >= 0.6 is 0 Å². The third kappa shape index (κ3) is 3.13. The van der Waals surface area contributed by atoms with Crippen LogP contribution in [0.3, 0.4) is 0 Å². The number of esters is 1. The first-order chi connectivity index (χ1) is 10.1. The van der Waals surface area contributed by atoms with E-state index in [4.69, 9.17) is 9.47 Å². The first kappa shape index (κ1) is 14.8. The van der Waals surface area contributed by atoms with Crippen LogP contribution in [0.25, 0.3) is 11.1 Å². The minimum absolute atomic E-state index is 0.144. The van der Waals surface area contributed by atoms with Gasteiger partial charge in [0.2, 0.25) is 0 Å². The van der Waals surface area contributed by atoms with E-state index in [0.29, 0.717) is 22.6 Å². The highest BCUT2D eigenvalue weighted by Crippen LogP contribution is 2.34. The fourth-order valence-corrected chi connectivity index (χ4v) is 2.02. The minimum Gasteiger partial charge on any atom is -0.497 e. The molecule has 0 fully saturated rings. The van der Waals surface area contributed by atoms with Gasteiger partial charge in [-0.1, -0.05) is 0 Å². The van der Waals surface area contributed by atoms with Crippen LogP contribution in [0.15, 0.2) is 36.4 Å². The highest BCUT2D eigenvalue weighted by molar-refractivity contribution is 5.91. The predicted molar refractivity (Wildman–Crippen MR) is 76.3 cm³/mol. The molecule has 0 aliphatic rings. The number of hydrogen-bond donors (Lipinski definition) is 0. The molecule has 0 N–H and O–H groups in total. The molecule has 0 atom stereocenters. The number of benzene rings is 2. The second-order valence-electron chi connectivity index (χ2n) is 4.29. The van der Waals surface area contributed by atoms with Gasteiger partial charge in [0, 0.05) is 11.6 Å². The maximum absolute atomic E-state index is 13.7. The zero-order valence-electron chi connectivity index (χ0n) is 12.0. The van der Waals surface area contributed by atoms with Gasteiger partial charge in [0.25, 0.3) is 0 Å². The van der Waals surface area contributed by atoms with Crippen LogP contribution in [-0.4, -0.2) is 27.3 Å². The quantitative estimate of drug-likeness (QED) is 0.810. The van der Waals surface area contributed by atoms with Crippen LogP contribution < -0.4 is 9.47 Å². The van der Waals surface area contributed by atoms with Crippen LogP contribution in [-0.2, 0) is 4.74 Å². The molecule has 0 aliphatic heterocycles. The SMILES string of the molecule is COC(=O)c1cc(F)cc(-c2ccc(OC)cc2OC)c1. The molecule has 0 bridgehead atoms. The van der Waals surface area contributed by atoms with Gasteiger partial charge in [-0.25, -0.2) is 9.18 Å². The highest BCUT2D eigenvalue weighted by Gasteiger charge is 2.13. The summed E-state index contributed by atoms with van der Waals surface area (Å²) in [7, 11) is 4.31. The van der Waals surface area contributed by atoms with Gasteiger partial charge in [-0.3, -0.25) is 0 Å². The van der Waals surface area contributed by atoms with E-state index < -0.39 is 11.8 Å². The minimum atomic E-state index is -0.594. The number of carbonyl (C=O) groups excluding carboxylic acids is 1. The summed E-state index contributed by atoms with van der Waals surface area (Å²) in [4.78, 5) is 11.6. The van der Waals surface area contributed by atoms with Crippen LogP contribution in [0.1, 0.15) is 10.4 Å². The Hall–Kier alpha value is -2.56. The van der Waals surface area contributed by atoms with Crippen molar-refractivity contribution >= 4 is 5.97 Å². The number of ether oxygens (including phenoxy) is 3. The molecule has 2 aromatic carbocycles. The summed E-state index contributed by atoms with van der Waals surface area (Å²) >= 11 is 0. The van der Waals surface area contributed by atoms with Gasteiger partial charge in [0.15, 0.2) is 0 Å². The molecule has 4 nitrogen and oxygen atoms in total. The summed E-state index contributed by atoms with van der Waals surface area (Å²) in [5.41, 5.74) is 1.32. The Morgan fingerprint density at radius 1 is 1.00 bits per heavy atom. The molecule has 2 rings (SSSR count). The maximum Gasteiger partial charge on any atom is 0.337 e. The van der Waals surface area contributed by atoms with Crippen molar-refractivity contribution in [3.05, 3.63) is 47.8 Å². The smallest absolute Gasteiger partial charge is 0.337 e. The van der Waals surface area contributed by atoms with Gasteiger partial charge in [-0.2, -0.15) is 0 Å². The molecule has 0 spiro atoms. The van der Waals surface area contributed by atoms with Crippen molar-refractivity contribution in [1.29, 1.82) is 0 Å². The molecule has 0 aliphatic carbocycles. The first-order valence-electron chi connectivity index (χ1n) is 6.20. The lowest BCUT2D eigenvalue weighted by molar-refractivity contribution is 0.0600. The van der Waals surface area contributed by atoms with Crippen molar-refractivity contribution in [1.82, 2.24) is 0 Å². The van der Waals surface area contributed by atoms with E-state index >= 15 is 0 Å². The Morgan fingerprint density at radius 2 is 1.76 bits per heavy atom. The normalized spacial score (nSPS) is 10.1. The van der Waals surface area contributed by atoms with Gasteiger partial charge in [0.05, 0.1) is 26.9 Å². The van der Waals surface area contributed by atoms with Gasteiger partial charge in [-0.05, 0) is 35.9 Å². The monoisotopic (exact) mass is 290 g/mol. The molecule has 110 valence electrons. The molecule has 21 heavy (non-hydrogen) atoms. The topological polar surface area (TPSA) is 44.8 Å². The lowest BCUT2D eigenvalue weighted by Crippen LogP contribution is -2.02. The Bertz CT molecular complexity index is 667. The fraction of sp³-hybridized carbons (Fsp3) is 0.188. The molecule has 5 heteroatoms. The predicted octanol–water partition coefficient (Wildman–Crippen LogP) is 3.30. The average Bonchev–Trinajstić information content (AvgIpc) is 2.52. The summed E-state index contributed by atoms with van der Waals surface area (Å²) in [6, 6.07) is 9.19. The molecule has 0 radical (unpaired) electrons. The Labute approximate surface area is 122 Å². The summed E-state index contributed by atoms with van der Waals surface area (Å²) in [6.45, 7) is 0. The lowest BCUT2D eigenvalue weighted by Gasteiger charge is -2.11. The van der Waals surface area contributed by atoms with Crippen LogP contribution in [0.2, 0.25) is 0 Å². The second-order valence-corrected chi connectivity index (χ2v) is 4.29. The summed E-state index contributed by atoms with van der Waals surface area (Å²) in [5, 5.41) is 0. The number of halogens is 1. The summed E-state index contributed by atoms with van der Waals surface area (Å²) in [6.07, 6.45) is 0. The molecule has 0 saturated heterocycles. The molecule has 0 amide bonds. The van der Waals surface area contributed by atoms with Crippen molar-refractivity contribution in [2.75, 3.05) is 21.3 Å². The van der Waals surface area contributed by atoms with E-state index in [1.807, 2.05) is 0 Å². The Balaban J connectivity index is 2.56. The first-order valence-corrected chi connectivity index (χ1v) is 6.20. The van der Waals surface area contributed by atoms with E-state index in [9.17, 15) is 9.18 Å². The van der Waals surface area contributed by atoms with Crippen molar-refractivity contribution < 1.29 is 23.4 Å². The largest absolute Gasteiger partial charge is 0.497 e. The van der Waals surface area contributed by atoms with E-state index in [1.54, 1.807) is 31.4 Å². The van der Waals surface area contributed by atoms with Crippen LogP contribution in [0, 0.1) is 5.82 Å². The van der Waals surface area contributed by atoms with Crippen molar-refractivity contribution in [3.63, 3.8) is 0 Å². The summed E-state index contributed by atoms with van der Waals surface area (Å²) < 4.78 is 28.7. The number of hydrogen-bond acceptors (Lipinski definition) is 4. The number of carbonyl (C=O) groups is 1. The molecule has 0 saturated carbocycles. The molecule has 0 heterocycles. The molecule has 0 unspecified atom stereocenters. The van der Waals surface area contributed by atoms with E-state index in [1.165, 1.54) is 20.3 Å². The zero-order valence-corrected chi connectivity index (χ0v) is 12.0. The third-order valence-corrected chi connectivity index (χ3v) is 3.04. The highest BCUT2D eigenvalue weighted by atomic mass is 19.1. The van der Waals surface area contributed by atoms with E-state index in [0.717, 1.165) is 6.07 Å². The Morgan fingerprint density at radius 3 is 2.38 bits per heavy atom. The lowest BCUT2D eigenvalue weighted by atomic mass is 10.0. The molecular weight excluding hydrogens is 275 g/mol. The Kier molecular flexibility index (Phi) is 4.42. The van der Waals surface area contributed by atoms with Gasteiger partial charge in [0.1, 0.15) is 17.3 Å². The van der Waals surface area contributed by atoms with Crippen molar-refractivity contribution in [2.24, 2.45) is 0 Å². The number of rotatable bonds is 4. The standard InChI is InChI=1S/C16H15FO4/c1-19-13-4-5-14(15(9-13)20-2)10-6-11(16(18)21-3)8-12(17)7-10/h4-9H,1-3H3. The average molecular weight is 290 g/mol. The van der Waals surface area contributed by atoms with Crippen LogP contribution in [0.5, 0.6) is 11.5 Å². The summed E-state index contributed by atoms with van der Waals surface area (Å²) in [5.74, 6) is 0.0324. The molecule has 2 aromatic rings. The maximum atomic E-state index is 13.7. The zero-order chi connectivity index (χ0) is 15.4. The van der Waals surface area contributed by atoms with Gasteiger partial charge in [-0.15, -0.1) is 0 Å². The fourth-order valence-electron chi connectivity index (χ4n) is 2.02. The van der Waals surface area contributed by atoms with Crippen molar-refractivity contribution in [3.8, 4) is 22.6 Å². The van der Waals surface area contributed by atoms with E-state index in [-0.39, 0.29) is 5.56 Å². The second kappa shape index (κ2) is 6.26. The van der Waals surface area contributed by atoms with Gasteiger partial charge < -0.3 is 14.2 Å². The molecular formula is C16H15FO4. The third-order valence-electron chi connectivity index (χ3n) is 3.04.